The minimum absolute atomic E-state index is 0.0572. The first-order valence-corrected chi connectivity index (χ1v) is 11.0. The molecule has 0 N–H and O–H groups in total. The lowest BCUT2D eigenvalue weighted by atomic mass is 10.0. The molecule has 3 rings (SSSR count). The molecule has 1 heterocycles. The number of nitro groups is 1. The zero-order valence-corrected chi connectivity index (χ0v) is 20.7. The fourth-order valence-corrected chi connectivity index (χ4v) is 3.58. The third-order valence-corrected chi connectivity index (χ3v) is 5.25. The number of nitrogens with zero attached hydrogens (tertiary/aromatic N) is 2. The monoisotopic (exact) mass is 486 g/mol. The molecule has 0 aromatic heterocycles. The van der Waals surface area contributed by atoms with Crippen molar-refractivity contribution < 1.29 is 33.5 Å². The summed E-state index contributed by atoms with van der Waals surface area (Å²) in [6.07, 6.45) is 2.02. The molecule has 10 nitrogen and oxygen atoms in total. The van der Waals surface area contributed by atoms with Crippen LogP contribution in [0.25, 0.3) is 5.57 Å². The van der Waals surface area contributed by atoms with Gasteiger partial charge in [-0.15, -0.1) is 0 Å². The molecular formula is C25H30N2O8. The maximum absolute atomic E-state index is 13.5. The van der Waals surface area contributed by atoms with Crippen LogP contribution >= 0.6 is 0 Å². The van der Waals surface area contributed by atoms with Crippen molar-refractivity contribution >= 4 is 23.1 Å². The van der Waals surface area contributed by atoms with Crippen LogP contribution in [0, 0.1) is 10.1 Å². The second-order valence-corrected chi connectivity index (χ2v) is 7.24. The summed E-state index contributed by atoms with van der Waals surface area (Å²) in [5, 5.41) is 11.7. The number of carbonyl (C=O) groups excluding carboxylic acids is 2. The Hall–Kier alpha value is -4.08. The van der Waals surface area contributed by atoms with E-state index in [1.165, 1.54) is 32.1 Å². The molecule has 2 aromatic rings. The Morgan fingerprint density at radius 1 is 1.03 bits per heavy atom. The van der Waals surface area contributed by atoms with E-state index in [1.54, 1.807) is 25.4 Å². The average molecular weight is 487 g/mol. The van der Waals surface area contributed by atoms with Crippen LogP contribution < -0.4 is 14.2 Å². The van der Waals surface area contributed by atoms with E-state index in [0.29, 0.717) is 12.2 Å². The van der Waals surface area contributed by atoms with Crippen LogP contribution in [0.5, 0.6) is 17.2 Å². The molecule has 1 aliphatic rings. The summed E-state index contributed by atoms with van der Waals surface area (Å²) in [5.74, 6) is -0.113. The van der Waals surface area contributed by atoms with Gasteiger partial charge in [-0.3, -0.25) is 19.7 Å². The van der Waals surface area contributed by atoms with Crippen molar-refractivity contribution in [2.24, 2.45) is 0 Å². The van der Waals surface area contributed by atoms with Crippen LogP contribution in [0.3, 0.4) is 0 Å². The summed E-state index contributed by atoms with van der Waals surface area (Å²) in [5.41, 5.74) is 1.07. The Morgan fingerprint density at radius 3 is 2.14 bits per heavy atom. The molecule has 1 aliphatic heterocycles. The Labute approximate surface area is 204 Å². The Balaban J connectivity index is 0.00000210. The molecule has 35 heavy (non-hydrogen) atoms. The third kappa shape index (κ3) is 6.28. The van der Waals surface area contributed by atoms with Gasteiger partial charge < -0.3 is 23.8 Å². The quantitative estimate of drug-likeness (QED) is 0.305. The molecule has 188 valence electrons. The lowest BCUT2D eigenvalue weighted by molar-refractivity contribution is -0.385. The van der Waals surface area contributed by atoms with Gasteiger partial charge in [-0.2, -0.15) is 0 Å². The number of benzene rings is 2. The molecule has 0 saturated carbocycles. The zero-order chi connectivity index (χ0) is 26.1. The molecule has 1 atom stereocenters. The van der Waals surface area contributed by atoms with Gasteiger partial charge in [0.25, 0.3) is 11.6 Å². The van der Waals surface area contributed by atoms with E-state index in [2.05, 4.69) is 0 Å². The van der Waals surface area contributed by atoms with Gasteiger partial charge in [0, 0.05) is 19.2 Å². The van der Waals surface area contributed by atoms with Crippen LogP contribution in [0.15, 0.2) is 42.6 Å². The van der Waals surface area contributed by atoms with Crippen LogP contribution in [-0.4, -0.2) is 55.7 Å². The number of rotatable bonds is 8. The van der Waals surface area contributed by atoms with Crippen molar-refractivity contribution in [1.82, 2.24) is 4.90 Å². The molecule has 1 amide bonds. The molecule has 0 bridgehead atoms. The Bertz CT molecular complexity index is 1100. The van der Waals surface area contributed by atoms with E-state index in [-0.39, 0.29) is 23.7 Å². The van der Waals surface area contributed by atoms with Crippen LogP contribution in [0.4, 0.5) is 5.69 Å². The molecule has 0 aliphatic carbocycles. The minimum Gasteiger partial charge on any atom is -0.497 e. The topological polar surface area (TPSA) is 117 Å². The van der Waals surface area contributed by atoms with Crippen molar-refractivity contribution in [3.8, 4) is 17.2 Å². The van der Waals surface area contributed by atoms with Gasteiger partial charge in [0.1, 0.15) is 17.9 Å². The van der Waals surface area contributed by atoms with E-state index in [9.17, 15) is 19.7 Å². The zero-order valence-electron chi connectivity index (χ0n) is 20.7. The predicted molar refractivity (Wildman–Crippen MR) is 130 cm³/mol. The highest BCUT2D eigenvalue weighted by molar-refractivity contribution is 6.01. The van der Waals surface area contributed by atoms with Gasteiger partial charge in [-0.05, 0) is 29.7 Å². The smallest absolute Gasteiger partial charge is 0.302 e. The van der Waals surface area contributed by atoms with E-state index in [0.717, 1.165) is 17.2 Å². The van der Waals surface area contributed by atoms with Crippen molar-refractivity contribution in [3.05, 3.63) is 63.8 Å². The van der Waals surface area contributed by atoms with Crippen LogP contribution in [0.2, 0.25) is 0 Å². The second kappa shape index (κ2) is 12.4. The number of hydrogen-bond donors (Lipinski definition) is 0. The fraction of sp³-hybridized carbons (Fsp3) is 0.360. The van der Waals surface area contributed by atoms with E-state index in [4.69, 9.17) is 18.9 Å². The number of carbonyl (C=O) groups is 2. The number of hydrogen-bond acceptors (Lipinski definition) is 8. The first-order chi connectivity index (χ1) is 16.8. The molecule has 0 spiro atoms. The van der Waals surface area contributed by atoms with Gasteiger partial charge in [0.2, 0.25) is 0 Å². The summed E-state index contributed by atoms with van der Waals surface area (Å²) in [7, 11) is 4.29. The Morgan fingerprint density at radius 2 is 1.63 bits per heavy atom. The molecule has 0 radical (unpaired) electrons. The maximum atomic E-state index is 13.5. The highest BCUT2D eigenvalue weighted by Crippen LogP contribution is 2.38. The highest BCUT2D eigenvalue weighted by atomic mass is 16.6. The lowest BCUT2D eigenvalue weighted by Crippen LogP contribution is -2.37. The summed E-state index contributed by atoms with van der Waals surface area (Å²) < 4.78 is 20.7. The van der Waals surface area contributed by atoms with E-state index >= 15 is 0 Å². The van der Waals surface area contributed by atoms with E-state index in [1.807, 2.05) is 26.0 Å². The minimum atomic E-state index is -0.652. The van der Waals surface area contributed by atoms with Gasteiger partial charge in [0.15, 0.2) is 11.5 Å². The van der Waals surface area contributed by atoms with Gasteiger partial charge in [-0.1, -0.05) is 26.0 Å². The van der Waals surface area contributed by atoms with Crippen LogP contribution in [0.1, 0.15) is 43.1 Å². The summed E-state index contributed by atoms with van der Waals surface area (Å²) in [4.78, 5) is 37.3. The second-order valence-electron chi connectivity index (χ2n) is 7.24. The largest absolute Gasteiger partial charge is 0.497 e. The average Bonchev–Trinajstić information content (AvgIpc) is 3.31. The van der Waals surface area contributed by atoms with Gasteiger partial charge >= 0.3 is 5.97 Å². The molecule has 2 aromatic carbocycles. The van der Waals surface area contributed by atoms with Crippen LogP contribution in [-0.2, 0) is 9.53 Å². The predicted octanol–water partition coefficient (Wildman–Crippen LogP) is 4.47. The normalized spacial score (nSPS) is 14.3. The molecule has 0 fully saturated rings. The first kappa shape index (κ1) is 27.2. The molecule has 10 heteroatoms. The van der Waals surface area contributed by atoms with Crippen molar-refractivity contribution in [2.75, 3.05) is 27.9 Å². The van der Waals surface area contributed by atoms with Crippen molar-refractivity contribution in [2.45, 2.75) is 33.2 Å². The molecule has 0 unspecified atom stereocenters. The highest BCUT2D eigenvalue weighted by Gasteiger charge is 2.35. The first-order valence-electron chi connectivity index (χ1n) is 11.0. The van der Waals surface area contributed by atoms with Gasteiger partial charge in [0.05, 0.1) is 38.4 Å². The number of methoxy groups -OCH3 is 3. The summed E-state index contributed by atoms with van der Waals surface area (Å²) in [6.45, 7) is 5.22. The number of ether oxygens (including phenoxy) is 4. The standard InChI is InChI=1S/C23H24N2O8.C2H6/c1-14(26)33-13-17-9-16(15-5-7-18(30-2)8-6-15)12-24(17)23(27)19-10-21(31-3)22(32-4)11-20(19)25(28)29;1-2/h5-8,10-12,17H,9,13H2,1-4H3;1-2H3/t17-;/m0./s1. The SMILES string of the molecule is CC.COc1ccc(C2=CN(C(=O)c3cc(OC)c(OC)cc3[N+](=O)[O-])[C@H](COC(C)=O)C2)cc1. The summed E-state index contributed by atoms with van der Waals surface area (Å²) >= 11 is 0. The number of amides is 1. The maximum Gasteiger partial charge on any atom is 0.302 e. The summed E-state index contributed by atoms with van der Waals surface area (Å²) in [6, 6.07) is 9.17. The van der Waals surface area contributed by atoms with Gasteiger partial charge in [-0.25, -0.2) is 0 Å². The lowest BCUT2D eigenvalue weighted by Gasteiger charge is -2.23. The van der Waals surface area contributed by atoms with E-state index < -0.39 is 28.5 Å². The Kier molecular flexibility index (Phi) is 9.63. The number of esters is 1. The molecule has 0 saturated heterocycles. The molecular weight excluding hydrogens is 456 g/mol. The fourth-order valence-electron chi connectivity index (χ4n) is 3.58. The van der Waals surface area contributed by atoms with Crippen molar-refractivity contribution in [3.63, 3.8) is 0 Å². The third-order valence-electron chi connectivity index (χ3n) is 5.25. The van der Waals surface area contributed by atoms with Crippen molar-refractivity contribution in [1.29, 1.82) is 0 Å². The number of nitro benzene ring substituents is 1.